The van der Waals surface area contributed by atoms with E-state index in [-0.39, 0.29) is 48.9 Å². The van der Waals surface area contributed by atoms with Crippen LogP contribution < -0.4 is 16.0 Å². The van der Waals surface area contributed by atoms with Gasteiger partial charge in [-0.3, -0.25) is 4.79 Å². The van der Waals surface area contributed by atoms with Crippen molar-refractivity contribution in [3.63, 3.8) is 0 Å². The van der Waals surface area contributed by atoms with E-state index in [0.29, 0.717) is 25.4 Å². The van der Waals surface area contributed by atoms with Crippen LogP contribution in [0.2, 0.25) is 0 Å². The number of alkyl halides is 3. The molecule has 0 saturated carbocycles. The Bertz CT molecular complexity index is 512. The first-order chi connectivity index (χ1) is 10.4. The highest BCUT2D eigenvalue weighted by Crippen LogP contribution is 2.23. The maximum Gasteiger partial charge on any atom is 0.405 e. The van der Waals surface area contributed by atoms with Crippen molar-refractivity contribution in [2.75, 3.05) is 36.9 Å². The molecular weight excluding hydrogens is 370 g/mol. The fraction of sp³-hybridized carbons (Fsp3) is 0.500. The summed E-state index contributed by atoms with van der Waals surface area (Å²) in [5, 5.41) is 8.06. The number of hydrogen-bond acceptors (Lipinski definition) is 4. The van der Waals surface area contributed by atoms with Gasteiger partial charge < -0.3 is 20.7 Å². The summed E-state index contributed by atoms with van der Waals surface area (Å²) in [6.45, 7) is 0.587. The second-order valence-electron chi connectivity index (χ2n) is 4.99. The third kappa shape index (κ3) is 8.05. The van der Waals surface area contributed by atoms with Gasteiger partial charge in [0.05, 0.1) is 24.6 Å². The Balaban J connectivity index is 0.00000264. The molecule has 1 amide bonds. The Hall–Kier alpha value is -1.22. The van der Waals surface area contributed by atoms with Crippen LogP contribution in [-0.4, -0.2) is 44.4 Å². The number of ether oxygens (including phenoxy) is 1. The zero-order valence-electron chi connectivity index (χ0n) is 12.7. The molecule has 1 aromatic rings. The van der Waals surface area contributed by atoms with E-state index in [1.807, 2.05) is 0 Å². The van der Waals surface area contributed by atoms with Gasteiger partial charge in [-0.2, -0.15) is 13.2 Å². The minimum atomic E-state index is -4.32. The van der Waals surface area contributed by atoms with E-state index in [0.717, 1.165) is 0 Å². The zero-order valence-corrected chi connectivity index (χ0v) is 14.3. The highest BCUT2D eigenvalue weighted by Gasteiger charge is 2.27. The number of para-hydroxylation sites is 2. The average Bonchev–Trinajstić information content (AvgIpc) is 2.46. The second-order valence-corrected chi connectivity index (χ2v) is 4.99. The summed E-state index contributed by atoms with van der Waals surface area (Å²) in [5.41, 5.74) is 0.564. The maximum absolute atomic E-state index is 12.3. The molecule has 2 rings (SSSR count). The van der Waals surface area contributed by atoms with Crippen LogP contribution in [0.3, 0.4) is 0 Å². The standard InChI is InChI=1S/C14H18F3N3O2.2ClH/c15-14(16,17)9-19-11-3-1-2-4-12(11)20-13(21)7-10-8-22-6-5-18-10;;/h1-4,10,18-19H,5-9H2,(H,20,21);2*1H. The van der Waals surface area contributed by atoms with E-state index in [2.05, 4.69) is 16.0 Å². The second kappa shape index (κ2) is 10.6. The third-order valence-corrected chi connectivity index (χ3v) is 3.11. The van der Waals surface area contributed by atoms with Crippen molar-refractivity contribution in [3.05, 3.63) is 24.3 Å². The first-order valence-corrected chi connectivity index (χ1v) is 6.95. The summed E-state index contributed by atoms with van der Waals surface area (Å²) in [6.07, 6.45) is -4.12. The summed E-state index contributed by atoms with van der Waals surface area (Å²) in [4.78, 5) is 12.0. The number of carbonyl (C=O) groups is 1. The van der Waals surface area contributed by atoms with Crippen LogP contribution in [0.4, 0.5) is 24.5 Å². The third-order valence-electron chi connectivity index (χ3n) is 3.11. The summed E-state index contributed by atoms with van der Waals surface area (Å²) < 4.78 is 42.1. The van der Waals surface area contributed by atoms with Gasteiger partial charge in [0.1, 0.15) is 6.54 Å². The van der Waals surface area contributed by atoms with Crippen LogP contribution in [0.25, 0.3) is 0 Å². The Morgan fingerprint density at radius 1 is 1.25 bits per heavy atom. The molecule has 0 bridgehead atoms. The lowest BCUT2D eigenvalue weighted by atomic mass is 10.2. The summed E-state index contributed by atoms with van der Waals surface area (Å²) in [6, 6.07) is 6.22. The van der Waals surface area contributed by atoms with Crippen LogP contribution in [-0.2, 0) is 9.53 Å². The molecular formula is C14H20Cl2F3N3O2. The summed E-state index contributed by atoms with van der Waals surface area (Å²) in [5.74, 6) is -0.274. The summed E-state index contributed by atoms with van der Waals surface area (Å²) >= 11 is 0. The molecule has 0 spiro atoms. The minimum Gasteiger partial charge on any atom is -0.378 e. The Kier molecular flexibility index (Phi) is 10.1. The summed E-state index contributed by atoms with van der Waals surface area (Å²) in [7, 11) is 0. The Labute approximate surface area is 150 Å². The van der Waals surface area contributed by atoms with Gasteiger partial charge in [-0.05, 0) is 12.1 Å². The number of carbonyl (C=O) groups excluding carboxylic acids is 1. The van der Waals surface area contributed by atoms with Crippen molar-refractivity contribution in [2.45, 2.75) is 18.6 Å². The molecule has 1 aliphatic rings. The Morgan fingerprint density at radius 2 is 1.92 bits per heavy atom. The molecule has 1 unspecified atom stereocenters. The zero-order chi connectivity index (χ0) is 16.0. The van der Waals surface area contributed by atoms with Crippen molar-refractivity contribution in [3.8, 4) is 0 Å². The fourth-order valence-corrected chi connectivity index (χ4v) is 2.12. The topological polar surface area (TPSA) is 62.4 Å². The van der Waals surface area contributed by atoms with E-state index in [9.17, 15) is 18.0 Å². The normalized spacial score (nSPS) is 17.2. The minimum absolute atomic E-state index is 0. The molecule has 0 radical (unpaired) electrons. The highest BCUT2D eigenvalue weighted by atomic mass is 35.5. The van der Waals surface area contributed by atoms with E-state index in [4.69, 9.17) is 4.74 Å². The van der Waals surface area contributed by atoms with E-state index in [1.54, 1.807) is 18.2 Å². The molecule has 1 saturated heterocycles. The molecule has 3 N–H and O–H groups in total. The number of amides is 1. The number of hydrogen-bond donors (Lipinski definition) is 3. The highest BCUT2D eigenvalue weighted by molar-refractivity contribution is 5.94. The molecule has 1 fully saturated rings. The number of morpholine rings is 1. The smallest absolute Gasteiger partial charge is 0.378 e. The number of benzene rings is 1. The number of halogens is 5. The fourth-order valence-electron chi connectivity index (χ4n) is 2.12. The quantitative estimate of drug-likeness (QED) is 0.724. The van der Waals surface area contributed by atoms with Gasteiger partial charge in [-0.25, -0.2) is 0 Å². The molecule has 1 aromatic carbocycles. The predicted molar refractivity (Wildman–Crippen MR) is 91.3 cm³/mol. The number of rotatable bonds is 5. The maximum atomic E-state index is 12.3. The van der Waals surface area contributed by atoms with Crippen LogP contribution >= 0.6 is 24.8 Å². The first kappa shape index (κ1) is 22.8. The van der Waals surface area contributed by atoms with Gasteiger partial charge in [0, 0.05) is 19.0 Å². The molecule has 0 aromatic heterocycles. The molecule has 10 heteroatoms. The van der Waals surface area contributed by atoms with Crippen LogP contribution in [0.5, 0.6) is 0 Å². The SMILES string of the molecule is Cl.Cl.O=C(CC1COCCN1)Nc1ccccc1NCC(F)(F)F. The van der Waals surface area contributed by atoms with Crippen LogP contribution in [0, 0.1) is 0 Å². The van der Waals surface area contributed by atoms with Gasteiger partial charge in [0.2, 0.25) is 5.91 Å². The van der Waals surface area contributed by atoms with Crippen LogP contribution in [0.15, 0.2) is 24.3 Å². The molecule has 0 aliphatic carbocycles. The van der Waals surface area contributed by atoms with Gasteiger partial charge >= 0.3 is 6.18 Å². The lowest BCUT2D eigenvalue weighted by Gasteiger charge is -2.23. The van der Waals surface area contributed by atoms with Gasteiger partial charge in [-0.15, -0.1) is 24.8 Å². The Morgan fingerprint density at radius 3 is 2.50 bits per heavy atom. The van der Waals surface area contributed by atoms with Crippen molar-refractivity contribution < 1.29 is 22.7 Å². The van der Waals surface area contributed by atoms with Gasteiger partial charge in [-0.1, -0.05) is 12.1 Å². The van der Waals surface area contributed by atoms with Gasteiger partial charge in [0.15, 0.2) is 0 Å². The monoisotopic (exact) mass is 389 g/mol. The number of anilines is 2. The van der Waals surface area contributed by atoms with Crippen molar-refractivity contribution in [1.29, 1.82) is 0 Å². The molecule has 138 valence electrons. The molecule has 5 nitrogen and oxygen atoms in total. The van der Waals surface area contributed by atoms with E-state index >= 15 is 0 Å². The van der Waals surface area contributed by atoms with E-state index in [1.165, 1.54) is 6.07 Å². The van der Waals surface area contributed by atoms with Crippen molar-refractivity contribution in [1.82, 2.24) is 5.32 Å². The molecule has 1 atom stereocenters. The molecule has 24 heavy (non-hydrogen) atoms. The number of nitrogens with one attached hydrogen (secondary N) is 3. The largest absolute Gasteiger partial charge is 0.405 e. The molecule has 1 aliphatic heterocycles. The average molecular weight is 390 g/mol. The lowest BCUT2D eigenvalue weighted by Crippen LogP contribution is -2.43. The molecule has 1 heterocycles. The van der Waals surface area contributed by atoms with Crippen molar-refractivity contribution >= 4 is 42.1 Å². The van der Waals surface area contributed by atoms with Crippen molar-refractivity contribution in [2.24, 2.45) is 0 Å². The lowest BCUT2D eigenvalue weighted by molar-refractivity contribution is -0.117. The first-order valence-electron chi connectivity index (χ1n) is 6.95. The van der Waals surface area contributed by atoms with Crippen LogP contribution in [0.1, 0.15) is 6.42 Å². The van der Waals surface area contributed by atoms with Gasteiger partial charge in [0.25, 0.3) is 0 Å². The predicted octanol–water partition coefficient (Wildman–Crippen LogP) is 2.82. The van der Waals surface area contributed by atoms with E-state index < -0.39 is 12.7 Å².